The van der Waals surface area contributed by atoms with Crippen LogP contribution in [0.25, 0.3) is 0 Å². The summed E-state index contributed by atoms with van der Waals surface area (Å²) in [5.74, 6) is -0.796. The van der Waals surface area contributed by atoms with E-state index in [0.717, 1.165) is 0 Å². The van der Waals surface area contributed by atoms with Crippen molar-refractivity contribution in [2.24, 2.45) is 5.73 Å². The molecule has 2 rings (SSSR count). The summed E-state index contributed by atoms with van der Waals surface area (Å²) < 4.78 is 0. The number of aliphatic hydroxyl groups excluding tert-OH is 1. The molecular weight excluding hydrogens is 266 g/mol. The Labute approximate surface area is 115 Å². The number of hydrogen-bond donors (Lipinski definition) is 3. The van der Waals surface area contributed by atoms with E-state index in [1.807, 2.05) is 4.90 Å². The molecule has 104 valence electrons. The van der Waals surface area contributed by atoms with E-state index in [4.69, 9.17) is 11.5 Å². The van der Waals surface area contributed by atoms with Crippen molar-refractivity contribution in [2.45, 2.75) is 25.9 Å². The molecule has 0 unspecified atom stereocenters. The van der Waals surface area contributed by atoms with Crippen molar-refractivity contribution in [1.29, 1.82) is 0 Å². The highest BCUT2D eigenvalue weighted by Gasteiger charge is 2.28. The van der Waals surface area contributed by atoms with Gasteiger partial charge in [0.15, 0.2) is 5.78 Å². The summed E-state index contributed by atoms with van der Waals surface area (Å²) in [4.78, 5) is 25.4. The van der Waals surface area contributed by atoms with E-state index < -0.39 is 5.91 Å². The summed E-state index contributed by atoms with van der Waals surface area (Å²) in [6, 6.07) is 0. The van der Waals surface area contributed by atoms with Gasteiger partial charge in [-0.05, 0) is 12.8 Å². The van der Waals surface area contributed by atoms with Crippen LogP contribution < -0.4 is 16.4 Å². The van der Waals surface area contributed by atoms with Crippen LogP contribution in [0.5, 0.6) is 0 Å². The van der Waals surface area contributed by atoms with Gasteiger partial charge >= 0.3 is 0 Å². The first-order chi connectivity index (χ1) is 8.91. The van der Waals surface area contributed by atoms with Crippen molar-refractivity contribution in [1.82, 2.24) is 0 Å². The van der Waals surface area contributed by atoms with Crippen molar-refractivity contribution in [3.8, 4) is 0 Å². The molecule has 1 aromatic rings. The number of nitrogens with zero attached hydrogens (tertiary/aromatic N) is 1. The molecule has 0 aromatic carbocycles. The normalized spacial score (nSPS) is 16.6. The van der Waals surface area contributed by atoms with Gasteiger partial charge in [0.2, 0.25) is 0 Å². The standard InChI is InChI=1S/C12H17N3O3S/c1-6(16)10-9(13)8(11(14)18)12(19-10)15-4-2-7(17)3-5-15/h7,17H,2-5,13H2,1H3,(H2,14,18). The third-order valence-corrected chi connectivity index (χ3v) is 4.61. The smallest absolute Gasteiger partial charge is 0.253 e. The zero-order valence-corrected chi connectivity index (χ0v) is 11.5. The van der Waals surface area contributed by atoms with Crippen LogP contribution in [0.4, 0.5) is 10.7 Å². The third kappa shape index (κ3) is 2.57. The van der Waals surface area contributed by atoms with Crippen LogP contribution in [0.2, 0.25) is 0 Å². The van der Waals surface area contributed by atoms with E-state index in [9.17, 15) is 14.7 Å². The van der Waals surface area contributed by atoms with Gasteiger partial charge in [0.25, 0.3) is 5.91 Å². The molecule has 0 aliphatic carbocycles. The van der Waals surface area contributed by atoms with Gasteiger partial charge in [-0.2, -0.15) is 0 Å². The van der Waals surface area contributed by atoms with Gasteiger partial charge in [-0.1, -0.05) is 0 Å². The zero-order valence-electron chi connectivity index (χ0n) is 10.7. The quantitative estimate of drug-likeness (QED) is 0.703. The van der Waals surface area contributed by atoms with Crippen molar-refractivity contribution in [3.63, 3.8) is 0 Å². The number of hydrogen-bond acceptors (Lipinski definition) is 6. The van der Waals surface area contributed by atoms with E-state index >= 15 is 0 Å². The molecule has 7 heteroatoms. The predicted molar refractivity (Wildman–Crippen MR) is 74.7 cm³/mol. The molecule has 5 N–H and O–H groups in total. The average molecular weight is 283 g/mol. The Morgan fingerprint density at radius 1 is 1.37 bits per heavy atom. The molecule has 0 atom stereocenters. The Hall–Kier alpha value is -1.60. The van der Waals surface area contributed by atoms with Crippen LogP contribution in [0.3, 0.4) is 0 Å². The lowest BCUT2D eigenvalue weighted by molar-refractivity contribution is 0.100. The molecule has 0 saturated carbocycles. The Kier molecular flexibility index (Phi) is 3.77. The number of piperidine rings is 1. The van der Waals surface area contributed by atoms with Crippen LogP contribution >= 0.6 is 11.3 Å². The minimum Gasteiger partial charge on any atom is -0.397 e. The van der Waals surface area contributed by atoms with E-state index in [0.29, 0.717) is 35.8 Å². The fourth-order valence-electron chi connectivity index (χ4n) is 2.22. The molecule has 2 heterocycles. The number of anilines is 2. The largest absolute Gasteiger partial charge is 0.397 e. The topological polar surface area (TPSA) is 110 Å². The van der Waals surface area contributed by atoms with Crippen LogP contribution in [0.1, 0.15) is 39.8 Å². The second kappa shape index (κ2) is 5.18. The Bertz CT molecular complexity index is 519. The van der Waals surface area contributed by atoms with Crippen molar-refractivity contribution in [2.75, 3.05) is 23.7 Å². The number of thiophene rings is 1. The zero-order chi connectivity index (χ0) is 14.2. The maximum atomic E-state index is 11.5. The number of carbonyl (C=O) groups is 2. The number of aliphatic hydroxyl groups is 1. The van der Waals surface area contributed by atoms with Crippen LogP contribution in [-0.2, 0) is 0 Å². The van der Waals surface area contributed by atoms with Gasteiger partial charge in [0.05, 0.1) is 22.2 Å². The first-order valence-electron chi connectivity index (χ1n) is 6.07. The van der Waals surface area contributed by atoms with Crippen LogP contribution in [0.15, 0.2) is 0 Å². The first kappa shape index (κ1) is 13.8. The van der Waals surface area contributed by atoms with Crippen molar-refractivity contribution in [3.05, 3.63) is 10.4 Å². The molecule has 6 nitrogen and oxygen atoms in total. The highest BCUT2D eigenvalue weighted by atomic mass is 32.1. The van der Waals surface area contributed by atoms with Gasteiger partial charge in [-0.25, -0.2) is 0 Å². The van der Waals surface area contributed by atoms with Crippen molar-refractivity contribution >= 4 is 33.7 Å². The lowest BCUT2D eigenvalue weighted by atomic mass is 10.1. The predicted octanol–water partition coefficient (Wildman–Crippen LogP) is 0.593. The summed E-state index contributed by atoms with van der Waals surface area (Å²) in [6.07, 6.45) is 0.953. The monoisotopic (exact) mass is 283 g/mol. The maximum Gasteiger partial charge on any atom is 0.253 e. The second-order valence-corrected chi connectivity index (χ2v) is 5.66. The van der Waals surface area contributed by atoms with Gasteiger partial charge in [0, 0.05) is 20.0 Å². The number of rotatable bonds is 3. The average Bonchev–Trinajstić information content (AvgIpc) is 2.68. The third-order valence-electron chi connectivity index (χ3n) is 3.24. The van der Waals surface area contributed by atoms with E-state index in [1.165, 1.54) is 18.3 Å². The summed E-state index contributed by atoms with van der Waals surface area (Å²) in [5.41, 5.74) is 11.6. The molecule has 1 aliphatic rings. The molecule has 1 fully saturated rings. The number of carbonyl (C=O) groups excluding carboxylic acids is 2. The number of nitrogen functional groups attached to an aromatic ring is 1. The summed E-state index contributed by atoms with van der Waals surface area (Å²) >= 11 is 1.20. The molecule has 0 bridgehead atoms. The highest BCUT2D eigenvalue weighted by molar-refractivity contribution is 7.19. The summed E-state index contributed by atoms with van der Waals surface area (Å²) in [6.45, 7) is 2.66. The van der Waals surface area contributed by atoms with Gasteiger partial charge in [-0.3, -0.25) is 9.59 Å². The van der Waals surface area contributed by atoms with E-state index in [2.05, 4.69) is 0 Å². The Morgan fingerprint density at radius 2 is 1.95 bits per heavy atom. The fraction of sp³-hybridized carbons (Fsp3) is 0.500. The van der Waals surface area contributed by atoms with Crippen molar-refractivity contribution < 1.29 is 14.7 Å². The van der Waals surface area contributed by atoms with Gasteiger partial charge < -0.3 is 21.5 Å². The number of amides is 1. The Morgan fingerprint density at radius 3 is 2.42 bits per heavy atom. The maximum absolute atomic E-state index is 11.5. The minimum absolute atomic E-state index is 0.172. The Balaban J connectivity index is 2.41. The van der Waals surface area contributed by atoms with Crippen LogP contribution in [-0.4, -0.2) is 36.0 Å². The van der Waals surface area contributed by atoms with Crippen LogP contribution in [0, 0.1) is 0 Å². The van der Waals surface area contributed by atoms with Gasteiger partial charge in [-0.15, -0.1) is 11.3 Å². The molecule has 1 aliphatic heterocycles. The molecule has 19 heavy (non-hydrogen) atoms. The molecule has 1 saturated heterocycles. The fourth-order valence-corrected chi connectivity index (χ4v) is 3.40. The molecule has 0 radical (unpaired) electrons. The number of primary amides is 1. The number of nitrogens with two attached hydrogens (primary N) is 2. The molecule has 1 amide bonds. The number of ketones is 1. The SMILES string of the molecule is CC(=O)c1sc(N2CCC(O)CC2)c(C(N)=O)c1N. The lowest BCUT2D eigenvalue weighted by Gasteiger charge is -2.30. The summed E-state index contributed by atoms with van der Waals surface area (Å²) in [7, 11) is 0. The van der Waals surface area contributed by atoms with E-state index in [1.54, 1.807) is 0 Å². The first-order valence-corrected chi connectivity index (χ1v) is 6.89. The van der Waals surface area contributed by atoms with E-state index in [-0.39, 0.29) is 23.1 Å². The highest BCUT2D eigenvalue weighted by Crippen LogP contribution is 2.39. The lowest BCUT2D eigenvalue weighted by Crippen LogP contribution is -2.36. The van der Waals surface area contributed by atoms with Gasteiger partial charge in [0.1, 0.15) is 5.00 Å². The summed E-state index contributed by atoms with van der Waals surface area (Å²) in [5, 5.41) is 10.1. The molecular formula is C12H17N3O3S. The molecule has 1 aromatic heterocycles. The minimum atomic E-state index is -0.623. The molecule has 0 spiro atoms. The second-order valence-electron chi connectivity index (χ2n) is 4.66. The number of Topliss-reactive ketones (excluding diaryl/α,β-unsaturated/α-hetero) is 1.